The van der Waals surface area contributed by atoms with Crippen molar-refractivity contribution in [3.05, 3.63) is 65.7 Å². The molecule has 1 aliphatic heterocycles. The zero-order valence-corrected chi connectivity index (χ0v) is 18.4. The van der Waals surface area contributed by atoms with Crippen molar-refractivity contribution >= 4 is 5.91 Å². The fraction of sp³-hybridized carbons (Fsp3) is 0.375. The Kier molecular flexibility index (Phi) is 5.45. The molecule has 1 saturated heterocycles. The van der Waals surface area contributed by atoms with Crippen molar-refractivity contribution in [3.63, 3.8) is 0 Å². The first-order chi connectivity index (χ1) is 16.2. The van der Waals surface area contributed by atoms with Gasteiger partial charge in [-0.3, -0.25) is 9.78 Å². The van der Waals surface area contributed by atoms with Crippen LogP contribution >= 0.6 is 0 Å². The number of likely N-dealkylation sites (tertiary alicyclic amines) is 1. The van der Waals surface area contributed by atoms with Gasteiger partial charge in [0.25, 0.3) is 5.91 Å². The fourth-order valence-electron chi connectivity index (χ4n) is 4.89. The molecule has 0 spiro atoms. The van der Waals surface area contributed by atoms with Crippen molar-refractivity contribution in [2.24, 2.45) is 5.92 Å². The lowest BCUT2D eigenvalue weighted by molar-refractivity contribution is -0.137. The summed E-state index contributed by atoms with van der Waals surface area (Å²) in [5, 5.41) is 0. The highest BCUT2D eigenvalue weighted by molar-refractivity contribution is 6.00. The highest BCUT2D eigenvalue weighted by Gasteiger charge is 2.53. The van der Waals surface area contributed by atoms with E-state index in [9.17, 15) is 18.0 Å². The number of aryl methyl sites for hydroxylation is 1. The summed E-state index contributed by atoms with van der Waals surface area (Å²) in [4.78, 5) is 32.4. The van der Waals surface area contributed by atoms with Crippen molar-refractivity contribution in [2.45, 2.75) is 37.9 Å². The molecule has 5 rings (SSSR count). The molecule has 2 atom stereocenters. The quantitative estimate of drug-likeness (QED) is 0.553. The van der Waals surface area contributed by atoms with E-state index in [1.165, 1.54) is 6.07 Å². The lowest BCUT2D eigenvalue weighted by Crippen LogP contribution is -2.52. The Morgan fingerprint density at radius 1 is 1.18 bits per heavy atom. The van der Waals surface area contributed by atoms with Crippen LogP contribution in [-0.2, 0) is 6.18 Å². The van der Waals surface area contributed by atoms with Gasteiger partial charge in [0.1, 0.15) is 12.3 Å². The number of alkyl halides is 3. The summed E-state index contributed by atoms with van der Waals surface area (Å²) in [6.45, 7) is 2.61. The molecule has 34 heavy (non-hydrogen) atoms. The van der Waals surface area contributed by atoms with E-state index in [0.29, 0.717) is 29.5 Å². The number of rotatable bonds is 5. The van der Waals surface area contributed by atoms with Crippen LogP contribution in [0, 0.1) is 12.8 Å². The molecule has 7 nitrogen and oxygen atoms in total. The molecule has 2 fully saturated rings. The summed E-state index contributed by atoms with van der Waals surface area (Å²) in [5.74, 6) is 0.641. The number of hydrogen-bond acceptors (Lipinski definition) is 6. The van der Waals surface area contributed by atoms with Crippen molar-refractivity contribution in [1.82, 2.24) is 24.8 Å². The van der Waals surface area contributed by atoms with Gasteiger partial charge < -0.3 is 9.64 Å². The van der Waals surface area contributed by atoms with E-state index in [1.807, 2.05) is 11.8 Å². The van der Waals surface area contributed by atoms with Gasteiger partial charge in [-0.15, -0.1) is 0 Å². The van der Waals surface area contributed by atoms with Gasteiger partial charge in [0.2, 0.25) is 5.88 Å². The summed E-state index contributed by atoms with van der Waals surface area (Å²) >= 11 is 0. The number of pyridine rings is 2. The second-order valence-electron chi connectivity index (χ2n) is 8.90. The molecule has 1 amide bonds. The fourth-order valence-corrected chi connectivity index (χ4v) is 4.89. The minimum atomic E-state index is -4.46. The van der Waals surface area contributed by atoms with Crippen LogP contribution in [-0.4, -0.2) is 49.4 Å². The molecule has 176 valence electrons. The zero-order valence-electron chi connectivity index (χ0n) is 18.4. The third-order valence-electron chi connectivity index (χ3n) is 6.53. The SMILES string of the molecule is Cc1cnc(-c2ncccn2)c(C(=O)N2CC3CCC2(COc2ccc(C(F)(F)F)cn2)C3)c1. The number of amides is 1. The topological polar surface area (TPSA) is 81.1 Å². The van der Waals surface area contributed by atoms with Crippen molar-refractivity contribution in [2.75, 3.05) is 13.2 Å². The monoisotopic (exact) mass is 469 g/mol. The maximum Gasteiger partial charge on any atom is 0.417 e. The highest BCUT2D eigenvalue weighted by atomic mass is 19.4. The van der Waals surface area contributed by atoms with Gasteiger partial charge in [-0.2, -0.15) is 13.2 Å². The van der Waals surface area contributed by atoms with Crippen molar-refractivity contribution < 1.29 is 22.7 Å². The minimum absolute atomic E-state index is 0.0979. The summed E-state index contributed by atoms with van der Waals surface area (Å²) in [7, 11) is 0. The van der Waals surface area contributed by atoms with Gasteiger partial charge in [-0.1, -0.05) is 0 Å². The molecule has 2 unspecified atom stereocenters. The predicted molar refractivity (Wildman–Crippen MR) is 116 cm³/mol. The molecule has 3 aromatic rings. The maximum absolute atomic E-state index is 13.8. The normalized spacial score (nSPS) is 21.6. The average Bonchev–Trinajstić information content (AvgIpc) is 3.41. The second kappa shape index (κ2) is 8.34. The highest BCUT2D eigenvalue weighted by Crippen LogP contribution is 2.47. The Morgan fingerprint density at radius 3 is 2.65 bits per heavy atom. The minimum Gasteiger partial charge on any atom is -0.475 e. The van der Waals surface area contributed by atoms with Crippen LogP contribution in [0.4, 0.5) is 13.2 Å². The van der Waals surface area contributed by atoms with E-state index < -0.39 is 17.3 Å². The molecule has 10 heteroatoms. The van der Waals surface area contributed by atoms with Crippen LogP contribution in [0.2, 0.25) is 0 Å². The van der Waals surface area contributed by atoms with Crippen LogP contribution in [0.1, 0.15) is 40.7 Å². The molecule has 3 aromatic heterocycles. The third kappa shape index (κ3) is 4.08. The van der Waals surface area contributed by atoms with Crippen LogP contribution in [0.5, 0.6) is 5.88 Å². The van der Waals surface area contributed by atoms with E-state index in [-0.39, 0.29) is 18.4 Å². The average molecular weight is 469 g/mol. The number of ether oxygens (including phenoxy) is 1. The summed E-state index contributed by atoms with van der Waals surface area (Å²) in [5.41, 5.74) is 0.293. The number of aromatic nitrogens is 4. The van der Waals surface area contributed by atoms with Crippen molar-refractivity contribution in [3.8, 4) is 17.4 Å². The maximum atomic E-state index is 13.8. The molecule has 1 aliphatic carbocycles. The molecule has 2 aliphatic rings. The van der Waals surface area contributed by atoms with Crippen LogP contribution < -0.4 is 4.74 Å². The number of nitrogens with zero attached hydrogens (tertiary/aromatic N) is 5. The molecular formula is C24H22F3N5O2. The summed E-state index contributed by atoms with van der Waals surface area (Å²) in [6, 6.07) is 5.64. The Labute approximate surface area is 194 Å². The number of carbonyl (C=O) groups is 1. The number of hydrogen-bond donors (Lipinski definition) is 0. The van der Waals surface area contributed by atoms with Crippen LogP contribution in [0.15, 0.2) is 49.1 Å². The standard InChI is InChI=1S/C24H22F3N5O2/c1-15-9-18(20(31-11-15)21-28-7-2-8-29-21)22(33)32-13-16-5-6-23(32,10-16)14-34-19-4-3-17(12-30-19)24(25,26)27/h2-4,7-9,11-12,16H,5-6,10,13-14H2,1H3. The summed E-state index contributed by atoms with van der Waals surface area (Å²) < 4.78 is 44.3. The van der Waals surface area contributed by atoms with Gasteiger partial charge >= 0.3 is 6.18 Å². The molecule has 2 bridgehead atoms. The summed E-state index contributed by atoms with van der Waals surface area (Å²) in [6.07, 6.45) is 3.66. The molecule has 0 radical (unpaired) electrons. The van der Waals surface area contributed by atoms with Crippen molar-refractivity contribution in [1.29, 1.82) is 0 Å². The van der Waals surface area contributed by atoms with E-state index in [1.54, 1.807) is 30.7 Å². The van der Waals surface area contributed by atoms with Gasteiger partial charge in [0, 0.05) is 37.4 Å². The van der Waals surface area contributed by atoms with Crippen LogP contribution in [0.3, 0.4) is 0 Å². The Bertz CT molecular complexity index is 1200. The number of halogens is 3. The molecular weight excluding hydrogens is 447 g/mol. The van der Waals surface area contributed by atoms with Gasteiger partial charge in [0.05, 0.1) is 16.7 Å². The zero-order chi connectivity index (χ0) is 23.9. The lowest BCUT2D eigenvalue weighted by atomic mass is 9.96. The Balaban J connectivity index is 1.40. The molecule has 0 aromatic carbocycles. The smallest absolute Gasteiger partial charge is 0.417 e. The van der Waals surface area contributed by atoms with Gasteiger partial charge in [-0.25, -0.2) is 15.0 Å². The predicted octanol–water partition coefficient (Wildman–Crippen LogP) is 4.33. The molecule has 1 saturated carbocycles. The first-order valence-corrected chi connectivity index (χ1v) is 11.0. The van der Waals surface area contributed by atoms with Gasteiger partial charge in [-0.05, 0) is 55.9 Å². The lowest BCUT2D eigenvalue weighted by Gasteiger charge is -2.38. The van der Waals surface area contributed by atoms with E-state index in [4.69, 9.17) is 4.74 Å². The number of carbonyl (C=O) groups excluding carboxylic acids is 1. The Morgan fingerprint density at radius 2 is 1.97 bits per heavy atom. The first kappa shape index (κ1) is 22.2. The number of fused-ring (bicyclic) bond motifs is 2. The molecule has 4 heterocycles. The largest absolute Gasteiger partial charge is 0.475 e. The third-order valence-corrected chi connectivity index (χ3v) is 6.53. The Hall–Kier alpha value is -3.56. The van der Waals surface area contributed by atoms with E-state index in [2.05, 4.69) is 19.9 Å². The van der Waals surface area contributed by atoms with Crippen LogP contribution in [0.25, 0.3) is 11.5 Å². The van der Waals surface area contributed by atoms with E-state index in [0.717, 1.165) is 37.1 Å². The first-order valence-electron chi connectivity index (χ1n) is 11.0. The second-order valence-corrected chi connectivity index (χ2v) is 8.90. The number of piperidine rings is 1. The molecule has 0 N–H and O–H groups in total. The van der Waals surface area contributed by atoms with Gasteiger partial charge in [0.15, 0.2) is 5.82 Å². The van der Waals surface area contributed by atoms with E-state index >= 15 is 0 Å².